The van der Waals surface area contributed by atoms with Gasteiger partial charge in [-0.1, -0.05) is 12.1 Å². The van der Waals surface area contributed by atoms with Crippen LogP contribution in [0, 0.1) is 0 Å². The average molecular weight is 210 g/mol. The number of carbonyl (C=O) groups is 1. The Kier molecular flexibility index (Phi) is 5.15. The molecular formula is C11H14O2S. The Hall–Kier alpha value is -0.960. The van der Waals surface area contributed by atoms with Crippen molar-refractivity contribution in [3.63, 3.8) is 0 Å². The topological polar surface area (TPSA) is 26.3 Å². The molecule has 0 saturated heterocycles. The van der Waals surface area contributed by atoms with E-state index in [1.54, 1.807) is 11.8 Å². The van der Waals surface area contributed by atoms with Crippen LogP contribution in [0.4, 0.5) is 0 Å². The molecule has 1 aromatic carbocycles. The van der Waals surface area contributed by atoms with Gasteiger partial charge in [0.15, 0.2) is 0 Å². The standard InChI is InChI=1S/C11H14O2S/c1-14-11-6-4-10(5-7-11)3-2-8-13-9-12/h4-7,9H,2-3,8H2,1H3. The molecule has 3 heteroatoms. The molecule has 0 spiro atoms. The van der Waals surface area contributed by atoms with Gasteiger partial charge < -0.3 is 4.74 Å². The van der Waals surface area contributed by atoms with E-state index in [2.05, 4.69) is 35.3 Å². The monoisotopic (exact) mass is 210 g/mol. The molecule has 0 bridgehead atoms. The van der Waals surface area contributed by atoms with Crippen molar-refractivity contribution in [2.75, 3.05) is 12.9 Å². The minimum atomic E-state index is 0.497. The molecule has 76 valence electrons. The van der Waals surface area contributed by atoms with Gasteiger partial charge in [0.25, 0.3) is 6.47 Å². The number of hydrogen-bond donors (Lipinski definition) is 0. The lowest BCUT2D eigenvalue weighted by molar-refractivity contribution is -0.128. The predicted octanol–water partition coefficient (Wildman–Crippen LogP) is 2.51. The van der Waals surface area contributed by atoms with Crippen LogP contribution in [0.25, 0.3) is 0 Å². The van der Waals surface area contributed by atoms with Crippen LogP contribution in [0.3, 0.4) is 0 Å². The van der Waals surface area contributed by atoms with Crippen LogP contribution in [-0.4, -0.2) is 19.3 Å². The first kappa shape index (κ1) is 11.1. The van der Waals surface area contributed by atoms with Crippen molar-refractivity contribution in [1.29, 1.82) is 0 Å². The first-order valence-corrected chi connectivity index (χ1v) is 5.77. The Morgan fingerprint density at radius 1 is 1.36 bits per heavy atom. The quantitative estimate of drug-likeness (QED) is 0.410. The summed E-state index contributed by atoms with van der Waals surface area (Å²) < 4.78 is 4.62. The second-order valence-electron chi connectivity index (χ2n) is 2.92. The SMILES string of the molecule is CSc1ccc(CCCOC=O)cc1. The molecule has 0 saturated carbocycles. The molecule has 0 aliphatic carbocycles. The summed E-state index contributed by atoms with van der Waals surface area (Å²) in [7, 11) is 0. The van der Waals surface area contributed by atoms with E-state index in [4.69, 9.17) is 0 Å². The molecule has 0 amide bonds. The highest BCUT2D eigenvalue weighted by Gasteiger charge is 1.94. The fourth-order valence-electron chi connectivity index (χ4n) is 1.20. The van der Waals surface area contributed by atoms with E-state index in [1.807, 2.05) is 0 Å². The number of ether oxygens (including phenoxy) is 1. The fraction of sp³-hybridized carbons (Fsp3) is 0.364. The van der Waals surface area contributed by atoms with Crippen LogP contribution in [0.2, 0.25) is 0 Å². The Balaban J connectivity index is 2.32. The van der Waals surface area contributed by atoms with Gasteiger partial charge in [-0.05, 0) is 36.8 Å². The van der Waals surface area contributed by atoms with E-state index in [9.17, 15) is 4.79 Å². The average Bonchev–Trinajstić information content (AvgIpc) is 2.25. The molecule has 0 fully saturated rings. The van der Waals surface area contributed by atoms with E-state index in [0.717, 1.165) is 12.8 Å². The molecule has 0 atom stereocenters. The van der Waals surface area contributed by atoms with Crippen LogP contribution in [0.5, 0.6) is 0 Å². The van der Waals surface area contributed by atoms with Crippen molar-refractivity contribution in [1.82, 2.24) is 0 Å². The minimum absolute atomic E-state index is 0.497. The summed E-state index contributed by atoms with van der Waals surface area (Å²) in [5.41, 5.74) is 1.29. The Labute approximate surface area is 88.7 Å². The zero-order valence-corrected chi connectivity index (χ0v) is 9.05. The third-order valence-electron chi connectivity index (χ3n) is 1.95. The van der Waals surface area contributed by atoms with Gasteiger partial charge in [-0.2, -0.15) is 0 Å². The smallest absolute Gasteiger partial charge is 0.293 e. The van der Waals surface area contributed by atoms with Crippen molar-refractivity contribution in [2.45, 2.75) is 17.7 Å². The third kappa shape index (κ3) is 3.83. The van der Waals surface area contributed by atoms with Crippen molar-refractivity contribution >= 4 is 18.2 Å². The lowest BCUT2D eigenvalue weighted by Crippen LogP contribution is -1.94. The maximum absolute atomic E-state index is 9.87. The molecule has 0 aromatic heterocycles. The van der Waals surface area contributed by atoms with Crippen molar-refractivity contribution < 1.29 is 9.53 Å². The van der Waals surface area contributed by atoms with Crippen molar-refractivity contribution in [3.8, 4) is 0 Å². The number of hydrogen-bond acceptors (Lipinski definition) is 3. The summed E-state index contributed by atoms with van der Waals surface area (Å²) in [4.78, 5) is 11.2. The van der Waals surface area contributed by atoms with Gasteiger partial charge in [-0.25, -0.2) is 0 Å². The van der Waals surface area contributed by atoms with E-state index in [1.165, 1.54) is 10.5 Å². The zero-order chi connectivity index (χ0) is 10.2. The van der Waals surface area contributed by atoms with Crippen molar-refractivity contribution in [3.05, 3.63) is 29.8 Å². The molecule has 0 aliphatic rings. The number of rotatable bonds is 6. The maximum atomic E-state index is 9.87. The Bertz CT molecular complexity index is 269. The number of carbonyl (C=O) groups excluding carboxylic acids is 1. The molecule has 1 rings (SSSR count). The molecular weight excluding hydrogens is 196 g/mol. The fourth-order valence-corrected chi connectivity index (χ4v) is 1.61. The highest BCUT2D eigenvalue weighted by atomic mass is 32.2. The first-order chi connectivity index (χ1) is 6.86. The number of thioether (sulfide) groups is 1. The Morgan fingerprint density at radius 3 is 2.64 bits per heavy atom. The second kappa shape index (κ2) is 6.49. The summed E-state index contributed by atoms with van der Waals surface area (Å²) in [5.74, 6) is 0. The van der Waals surface area contributed by atoms with Gasteiger partial charge in [-0.3, -0.25) is 4.79 Å². The molecule has 0 radical (unpaired) electrons. The second-order valence-corrected chi connectivity index (χ2v) is 3.80. The van der Waals surface area contributed by atoms with E-state index >= 15 is 0 Å². The lowest BCUT2D eigenvalue weighted by Gasteiger charge is -2.01. The van der Waals surface area contributed by atoms with Gasteiger partial charge in [0, 0.05) is 4.90 Å². The van der Waals surface area contributed by atoms with Crippen LogP contribution in [-0.2, 0) is 16.0 Å². The maximum Gasteiger partial charge on any atom is 0.293 e. The normalized spacial score (nSPS) is 9.79. The van der Waals surface area contributed by atoms with Gasteiger partial charge >= 0.3 is 0 Å². The van der Waals surface area contributed by atoms with Crippen LogP contribution in [0.1, 0.15) is 12.0 Å². The molecule has 0 N–H and O–H groups in total. The third-order valence-corrected chi connectivity index (χ3v) is 2.70. The van der Waals surface area contributed by atoms with Crippen LogP contribution >= 0.6 is 11.8 Å². The summed E-state index contributed by atoms with van der Waals surface area (Å²) in [5, 5.41) is 0. The van der Waals surface area contributed by atoms with E-state index in [0.29, 0.717) is 13.1 Å². The number of aryl methyl sites for hydroxylation is 1. The minimum Gasteiger partial charge on any atom is -0.468 e. The molecule has 0 unspecified atom stereocenters. The highest BCUT2D eigenvalue weighted by molar-refractivity contribution is 7.98. The van der Waals surface area contributed by atoms with Crippen LogP contribution < -0.4 is 0 Å². The van der Waals surface area contributed by atoms with E-state index < -0.39 is 0 Å². The summed E-state index contributed by atoms with van der Waals surface area (Å²) in [6, 6.07) is 8.46. The molecule has 2 nitrogen and oxygen atoms in total. The molecule has 1 aromatic rings. The molecule has 0 aliphatic heterocycles. The molecule has 0 heterocycles. The molecule has 14 heavy (non-hydrogen) atoms. The Morgan fingerprint density at radius 2 is 2.07 bits per heavy atom. The van der Waals surface area contributed by atoms with Crippen molar-refractivity contribution in [2.24, 2.45) is 0 Å². The summed E-state index contributed by atoms with van der Waals surface area (Å²) >= 11 is 1.74. The lowest BCUT2D eigenvalue weighted by atomic mass is 10.1. The zero-order valence-electron chi connectivity index (χ0n) is 8.23. The highest BCUT2D eigenvalue weighted by Crippen LogP contribution is 2.15. The predicted molar refractivity (Wildman–Crippen MR) is 58.6 cm³/mol. The van der Waals surface area contributed by atoms with E-state index in [-0.39, 0.29) is 0 Å². The van der Waals surface area contributed by atoms with Crippen LogP contribution in [0.15, 0.2) is 29.2 Å². The van der Waals surface area contributed by atoms with Gasteiger partial charge in [0.2, 0.25) is 0 Å². The number of benzene rings is 1. The largest absolute Gasteiger partial charge is 0.468 e. The summed E-state index contributed by atoms with van der Waals surface area (Å²) in [6.07, 6.45) is 3.91. The van der Waals surface area contributed by atoms with Gasteiger partial charge in [-0.15, -0.1) is 11.8 Å². The van der Waals surface area contributed by atoms with Gasteiger partial charge in [0.1, 0.15) is 0 Å². The summed E-state index contributed by atoms with van der Waals surface area (Å²) in [6.45, 7) is 1.00. The van der Waals surface area contributed by atoms with Gasteiger partial charge in [0.05, 0.1) is 6.61 Å². The first-order valence-electron chi connectivity index (χ1n) is 4.55.